The zero-order valence-electron chi connectivity index (χ0n) is 8.74. The predicted molar refractivity (Wildman–Crippen MR) is 54.3 cm³/mol. The Bertz CT molecular complexity index is 376. The van der Waals surface area contributed by atoms with Crippen LogP contribution in [0.1, 0.15) is 32.1 Å². The van der Waals surface area contributed by atoms with Gasteiger partial charge < -0.3 is 4.74 Å². The van der Waals surface area contributed by atoms with Crippen LogP contribution in [0.15, 0.2) is 11.6 Å². The molecule has 15 heavy (non-hydrogen) atoms. The van der Waals surface area contributed by atoms with E-state index in [2.05, 4.69) is 4.90 Å². The third kappa shape index (κ3) is 0.842. The monoisotopic (exact) mass is 205 g/mol. The molecule has 3 fully saturated rings. The minimum atomic E-state index is -0.178. The van der Waals surface area contributed by atoms with Gasteiger partial charge in [0.15, 0.2) is 5.60 Å². The SMILES string of the molecule is O=C1C=C2CC[C@@H]3N4CCC[C@H]4C[C@@]23O1. The molecule has 0 bridgehead atoms. The Balaban J connectivity index is 1.79. The molecule has 3 heterocycles. The van der Waals surface area contributed by atoms with E-state index < -0.39 is 0 Å². The first-order valence-electron chi connectivity index (χ1n) is 5.99. The maximum Gasteiger partial charge on any atom is 0.331 e. The predicted octanol–water partition coefficient (Wildman–Crippen LogP) is 1.24. The zero-order valence-corrected chi connectivity index (χ0v) is 8.74. The lowest BCUT2D eigenvalue weighted by Crippen LogP contribution is -2.41. The van der Waals surface area contributed by atoms with Gasteiger partial charge in [-0.25, -0.2) is 4.79 Å². The Morgan fingerprint density at radius 2 is 2.40 bits per heavy atom. The van der Waals surface area contributed by atoms with E-state index in [-0.39, 0.29) is 11.6 Å². The van der Waals surface area contributed by atoms with E-state index in [1.54, 1.807) is 6.08 Å². The fourth-order valence-electron chi connectivity index (χ4n) is 4.21. The van der Waals surface area contributed by atoms with Crippen molar-refractivity contribution in [1.29, 1.82) is 0 Å². The van der Waals surface area contributed by atoms with Crippen molar-refractivity contribution in [3.05, 3.63) is 11.6 Å². The Morgan fingerprint density at radius 3 is 3.33 bits per heavy atom. The van der Waals surface area contributed by atoms with Crippen molar-refractivity contribution >= 4 is 5.97 Å². The van der Waals surface area contributed by atoms with Crippen molar-refractivity contribution in [3.8, 4) is 0 Å². The number of fused-ring (bicyclic) bond motifs is 2. The summed E-state index contributed by atoms with van der Waals surface area (Å²) in [5.74, 6) is -0.101. The summed E-state index contributed by atoms with van der Waals surface area (Å²) in [6.07, 6.45) is 7.69. The van der Waals surface area contributed by atoms with Crippen molar-refractivity contribution < 1.29 is 9.53 Å². The molecule has 0 N–H and O–H groups in total. The van der Waals surface area contributed by atoms with Crippen molar-refractivity contribution in [3.63, 3.8) is 0 Å². The molecule has 0 amide bonds. The summed E-state index contributed by atoms with van der Waals surface area (Å²) in [6.45, 7) is 1.21. The van der Waals surface area contributed by atoms with Crippen LogP contribution in [0.4, 0.5) is 0 Å². The van der Waals surface area contributed by atoms with Gasteiger partial charge in [-0.15, -0.1) is 0 Å². The molecule has 1 saturated carbocycles. The average Bonchev–Trinajstić information content (AvgIpc) is 2.81. The van der Waals surface area contributed by atoms with Crippen molar-refractivity contribution in [2.45, 2.75) is 49.8 Å². The molecule has 0 radical (unpaired) electrons. The summed E-state index contributed by atoms with van der Waals surface area (Å²) in [5, 5.41) is 0. The van der Waals surface area contributed by atoms with Crippen LogP contribution in [-0.2, 0) is 9.53 Å². The highest BCUT2D eigenvalue weighted by Crippen LogP contribution is 2.54. The van der Waals surface area contributed by atoms with Gasteiger partial charge in [0.05, 0.1) is 6.04 Å². The van der Waals surface area contributed by atoms with E-state index in [1.807, 2.05) is 0 Å². The van der Waals surface area contributed by atoms with Gasteiger partial charge >= 0.3 is 5.97 Å². The normalized spacial score (nSPS) is 47.5. The number of carbonyl (C=O) groups is 1. The van der Waals surface area contributed by atoms with E-state index in [1.165, 1.54) is 31.4 Å². The number of rotatable bonds is 0. The van der Waals surface area contributed by atoms with E-state index in [0.717, 1.165) is 12.8 Å². The second kappa shape index (κ2) is 2.46. The van der Waals surface area contributed by atoms with Gasteiger partial charge in [-0.05, 0) is 37.8 Å². The number of ether oxygens (including phenoxy) is 1. The third-order valence-corrected chi connectivity index (χ3v) is 4.71. The van der Waals surface area contributed by atoms with Crippen LogP contribution >= 0.6 is 0 Å². The Kier molecular flexibility index (Phi) is 1.37. The number of nitrogens with zero attached hydrogens (tertiary/aromatic N) is 1. The fourth-order valence-corrected chi connectivity index (χ4v) is 4.21. The van der Waals surface area contributed by atoms with Crippen LogP contribution in [-0.4, -0.2) is 35.1 Å². The summed E-state index contributed by atoms with van der Waals surface area (Å²) in [5.41, 5.74) is 1.11. The summed E-state index contributed by atoms with van der Waals surface area (Å²) in [7, 11) is 0. The first-order chi connectivity index (χ1) is 7.29. The van der Waals surface area contributed by atoms with Crippen LogP contribution in [0.2, 0.25) is 0 Å². The Morgan fingerprint density at radius 1 is 1.47 bits per heavy atom. The van der Waals surface area contributed by atoms with Gasteiger partial charge in [0.1, 0.15) is 0 Å². The standard InChI is InChI=1S/C12H15NO2/c14-11-6-8-3-4-10-12(8,15-11)7-9-2-1-5-13(9)10/h6,9-10H,1-5,7H2/t9-,10-,12+/m0/s1. The van der Waals surface area contributed by atoms with Gasteiger partial charge in [-0.2, -0.15) is 0 Å². The molecule has 2 saturated heterocycles. The minimum Gasteiger partial charge on any atom is -0.450 e. The van der Waals surface area contributed by atoms with Gasteiger partial charge in [0, 0.05) is 18.5 Å². The van der Waals surface area contributed by atoms with Crippen LogP contribution in [0.5, 0.6) is 0 Å². The van der Waals surface area contributed by atoms with Crippen molar-refractivity contribution in [2.75, 3.05) is 6.54 Å². The average molecular weight is 205 g/mol. The number of hydrogen-bond acceptors (Lipinski definition) is 3. The lowest BCUT2D eigenvalue weighted by molar-refractivity contribution is -0.146. The molecule has 0 unspecified atom stereocenters. The lowest BCUT2D eigenvalue weighted by Gasteiger charge is -2.28. The summed E-state index contributed by atoms with van der Waals surface area (Å²) >= 11 is 0. The van der Waals surface area contributed by atoms with Crippen LogP contribution in [0, 0.1) is 0 Å². The molecule has 4 rings (SSSR count). The summed E-state index contributed by atoms with van der Waals surface area (Å²) in [6, 6.07) is 1.19. The maximum atomic E-state index is 11.4. The second-order valence-corrected chi connectivity index (χ2v) is 5.27. The number of esters is 1. The number of hydrogen-bond donors (Lipinski definition) is 0. The minimum absolute atomic E-state index is 0.101. The largest absolute Gasteiger partial charge is 0.450 e. The molecule has 0 aromatic heterocycles. The molecule has 3 heteroatoms. The van der Waals surface area contributed by atoms with E-state index in [9.17, 15) is 4.79 Å². The molecule has 1 aliphatic carbocycles. The molecule has 3 atom stereocenters. The smallest absolute Gasteiger partial charge is 0.331 e. The van der Waals surface area contributed by atoms with Gasteiger partial charge in [-0.1, -0.05) is 0 Å². The van der Waals surface area contributed by atoms with Crippen LogP contribution < -0.4 is 0 Å². The zero-order chi connectivity index (χ0) is 10.0. The highest BCUT2D eigenvalue weighted by molar-refractivity contribution is 5.87. The topological polar surface area (TPSA) is 29.5 Å². The molecule has 3 aliphatic heterocycles. The first kappa shape index (κ1) is 8.34. The van der Waals surface area contributed by atoms with E-state index in [4.69, 9.17) is 4.74 Å². The quantitative estimate of drug-likeness (QED) is 0.557. The van der Waals surface area contributed by atoms with Crippen molar-refractivity contribution in [2.24, 2.45) is 0 Å². The molecule has 1 spiro atoms. The fraction of sp³-hybridized carbons (Fsp3) is 0.750. The lowest BCUT2D eigenvalue weighted by atomic mass is 9.91. The molecular weight excluding hydrogens is 190 g/mol. The molecule has 0 aromatic carbocycles. The van der Waals surface area contributed by atoms with E-state index >= 15 is 0 Å². The molecule has 4 aliphatic rings. The summed E-state index contributed by atoms with van der Waals surface area (Å²) < 4.78 is 5.66. The maximum absolute atomic E-state index is 11.4. The third-order valence-electron chi connectivity index (χ3n) is 4.71. The van der Waals surface area contributed by atoms with Gasteiger partial charge in [0.2, 0.25) is 0 Å². The highest BCUT2D eigenvalue weighted by atomic mass is 16.6. The first-order valence-corrected chi connectivity index (χ1v) is 5.99. The van der Waals surface area contributed by atoms with Crippen LogP contribution in [0.25, 0.3) is 0 Å². The van der Waals surface area contributed by atoms with Gasteiger partial charge in [-0.3, -0.25) is 4.90 Å². The Hall–Kier alpha value is -0.830. The van der Waals surface area contributed by atoms with Crippen LogP contribution in [0.3, 0.4) is 0 Å². The highest BCUT2D eigenvalue weighted by Gasteiger charge is 2.62. The molecule has 0 aromatic rings. The van der Waals surface area contributed by atoms with E-state index in [0.29, 0.717) is 12.1 Å². The second-order valence-electron chi connectivity index (χ2n) is 5.27. The van der Waals surface area contributed by atoms with Crippen molar-refractivity contribution in [1.82, 2.24) is 4.90 Å². The molecule has 3 nitrogen and oxygen atoms in total. The number of carbonyl (C=O) groups excluding carboxylic acids is 1. The van der Waals surface area contributed by atoms with Gasteiger partial charge in [0.25, 0.3) is 0 Å². The Labute approximate surface area is 89.1 Å². The molecule has 80 valence electrons. The summed E-state index contributed by atoms with van der Waals surface area (Å²) in [4.78, 5) is 14.0. The molecular formula is C12H15NO2.